The van der Waals surface area contributed by atoms with Crippen molar-refractivity contribution in [2.45, 2.75) is 26.7 Å². The van der Waals surface area contributed by atoms with E-state index in [0.717, 1.165) is 11.3 Å². The lowest BCUT2D eigenvalue weighted by Gasteiger charge is -2.23. The molecule has 0 fully saturated rings. The van der Waals surface area contributed by atoms with Gasteiger partial charge >= 0.3 is 11.9 Å². The van der Waals surface area contributed by atoms with E-state index in [0.29, 0.717) is 12.0 Å². The van der Waals surface area contributed by atoms with Crippen LogP contribution in [0.1, 0.15) is 40.6 Å². The highest BCUT2D eigenvalue weighted by Gasteiger charge is 2.35. The summed E-state index contributed by atoms with van der Waals surface area (Å²) in [4.78, 5) is 36.1. The van der Waals surface area contributed by atoms with Crippen molar-refractivity contribution >= 4 is 34.2 Å². The summed E-state index contributed by atoms with van der Waals surface area (Å²) < 4.78 is 4.95. The van der Waals surface area contributed by atoms with Crippen molar-refractivity contribution in [1.29, 1.82) is 5.26 Å². The molecule has 2 rings (SSSR count). The summed E-state index contributed by atoms with van der Waals surface area (Å²) in [5.41, 5.74) is 0.638. The van der Waals surface area contributed by atoms with Gasteiger partial charge in [-0.3, -0.25) is 9.59 Å². The Bertz CT molecular complexity index is 775. The number of amides is 1. The first kappa shape index (κ1) is 18.7. The SMILES string of the molecule is CCOC(=O)c1sc(NC(=O)C2CC=CCC2C(=O)O)c(C#N)c1C. The van der Waals surface area contributed by atoms with E-state index in [4.69, 9.17) is 4.74 Å². The summed E-state index contributed by atoms with van der Waals surface area (Å²) in [7, 11) is 0. The number of carboxylic acid groups (broad SMARTS) is 1. The Labute approximate surface area is 148 Å². The van der Waals surface area contributed by atoms with E-state index in [2.05, 4.69) is 5.32 Å². The average Bonchev–Trinajstić information content (AvgIpc) is 2.90. The number of ether oxygens (including phenoxy) is 1. The fourth-order valence-corrected chi connectivity index (χ4v) is 3.76. The van der Waals surface area contributed by atoms with Crippen LogP contribution in [0.15, 0.2) is 12.2 Å². The second kappa shape index (κ2) is 7.94. The maximum atomic E-state index is 12.5. The van der Waals surface area contributed by atoms with E-state index in [-0.39, 0.29) is 28.5 Å². The van der Waals surface area contributed by atoms with Gasteiger partial charge in [0.15, 0.2) is 0 Å². The minimum absolute atomic E-state index is 0.194. The highest BCUT2D eigenvalue weighted by Crippen LogP contribution is 2.35. The number of carbonyl (C=O) groups excluding carboxylic acids is 2. The third-order valence-corrected chi connectivity index (χ3v) is 5.23. The van der Waals surface area contributed by atoms with Gasteiger partial charge in [-0.25, -0.2) is 4.79 Å². The van der Waals surface area contributed by atoms with Crippen LogP contribution >= 0.6 is 11.3 Å². The number of thiophene rings is 1. The molecule has 0 bridgehead atoms. The second-order valence-corrected chi connectivity index (χ2v) is 6.60. The monoisotopic (exact) mass is 362 g/mol. The summed E-state index contributed by atoms with van der Waals surface area (Å²) in [6.07, 6.45) is 4.13. The molecule has 1 heterocycles. The summed E-state index contributed by atoms with van der Waals surface area (Å²) in [5, 5.41) is 21.5. The molecule has 0 saturated heterocycles. The molecule has 8 heteroatoms. The van der Waals surface area contributed by atoms with E-state index in [1.54, 1.807) is 26.0 Å². The Hall–Kier alpha value is -2.66. The van der Waals surface area contributed by atoms with E-state index in [1.807, 2.05) is 6.07 Å². The maximum absolute atomic E-state index is 12.5. The number of hydrogen-bond donors (Lipinski definition) is 2. The molecule has 2 unspecified atom stereocenters. The van der Waals surface area contributed by atoms with Crippen molar-refractivity contribution in [2.24, 2.45) is 11.8 Å². The first-order valence-corrected chi connectivity index (χ1v) is 8.61. The number of esters is 1. The Morgan fingerprint density at radius 2 is 2.00 bits per heavy atom. The van der Waals surface area contributed by atoms with Crippen molar-refractivity contribution in [1.82, 2.24) is 0 Å². The van der Waals surface area contributed by atoms with Gasteiger partial charge in [0.05, 0.1) is 24.0 Å². The number of anilines is 1. The average molecular weight is 362 g/mol. The van der Waals surface area contributed by atoms with Gasteiger partial charge in [-0.15, -0.1) is 11.3 Å². The summed E-state index contributed by atoms with van der Waals surface area (Å²) >= 11 is 0.966. The van der Waals surface area contributed by atoms with Crippen molar-refractivity contribution in [3.63, 3.8) is 0 Å². The molecule has 1 aliphatic carbocycles. The van der Waals surface area contributed by atoms with Crippen LogP contribution < -0.4 is 5.32 Å². The highest BCUT2D eigenvalue weighted by atomic mass is 32.1. The lowest BCUT2D eigenvalue weighted by molar-refractivity contribution is -0.146. The number of nitriles is 1. The zero-order chi connectivity index (χ0) is 18.6. The van der Waals surface area contributed by atoms with Crippen LogP contribution in [0, 0.1) is 30.1 Å². The third-order valence-electron chi connectivity index (χ3n) is 4.04. The number of nitrogens with one attached hydrogen (secondary N) is 1. The fourth-order valence-electron chi connectivity index (χ4n) is 2.71. The Balaban J connectivity index is 2.27. The number of carboxylic acids is 1. The molecular formula is C17H18N2O5S. The van der Waals surface area contributed by atoms with Gasteiger partial charge in [-0.05, 0) is 32.3 Å². The lowest BCUT2D eigenvalue weighted by atomic mass is 9.82. The molecule has 0 aromatic carbocycles. The zero-order valence-electron chi connectivity index (χ0n) is 13.9. The maximum Gasteiger partial charge on any atom is 0.348 e. The topological polar surface area (TPSA) is 116 Å². The Morgan fingerprint density at radius 1 is 1.36 bits per heavy atom. The van der Waals surface area contributed by atoms with E-state index in [9.17, 15) is 24.8 Å². The van der Waals surface area contributed by atoms with Crippen molar-refractivity contribution in [3.8, 4) is 6.07 Å². The minimum Gasteiger partial charge on any atom is -0.481 e. The molecule has 1 aromatic heterocycles. The van der Waals surface area contributed by atoms with Crippen molar-refractivity contribution in [2.75, 3.05) is 11.9 Å². The first-order chi connectivity index (χ1) is 11.9. The van der Waals surface area contributed by atoms with E-state index in [1.165, 1.54) is 0 Å². The van der Waals surface area contributed by atoms with Crippen molar-refractivity contribution < 1.29 is 24.2 Å². The standard InChI is InChI=1S/C17H18N2O5S/c1-3-24-17(23)13-9(2)12(8-18)15(25-13)19-14(20)10-6-4-5-7-11(10)16(21)22/h4-5,10-11H,3,6-7H2,1-2H3,(H,19,20)(H,21,22). The van der Waals surface area contributed by atoms with Crippen molar-refractivity contribution in [3.05, 3.63) is 28.2 Å². The van der Waals surface area contributed by atoms with Gasteiger partial charge in [-0.1, -0.05) is 12.2 Å². The normalized spacial score (nSPS) is 19.1. The predicted octanol–water partition coefficient (Wildman–Crippen LogP) is 2.71. The minimum atomic E-state index is -1.03. The van der Waals surface area contributed by atoms with Crippen LogP contribution in [0.2, 0.25) is 0 Å². The number of hydrogen-bond acceptors (Lipinski definition) is 6. The van der Waals surface area contributed by atoms with Gasteiger partial charge in [-0.2, -0.15) is 5.26 Å². The number of carbonyl (C=O) groups is 3. The Kier molecular flexibility index (Phi) is 5.93. The summed E-state index contributed by atoms with van der Waals surface area (Å²) in [6, 6.07) is 1.98. The molecule has 2 atom stereocenters. The second-order valence-electron chi connectivity index (χ2n) is 5.58. The summed E-state index contributed by atoms with van der Waals surface area (Å²) in [6.45, 7) is 3.49. The molecule has 1 amide bonds. The molecule has 7 nitrogen and oxygen atoms in total. The largest absolute Gasteiger partial charge is 0.481 e. The van der Waals surface area contributed by atoms with Gasteiger partial charge in [0, 0.05) is 0 Å². The number of rotatable bonds is 5. The van der Waals surface area contributed by atoms with Crippen LogP contribution in [0.5, 0.6) is 0 Å². The van der Waals surface area contributed by atoms with Gasteiger partial charge in [0.2, 0.25) is 5.91 Å². The van der Waals surface area contributed by atoms with E-state index >= 15 is 0 Å². The predicted molar refractivity (Wildman–Crippen MR) is 91.3 cm³/mol. The van der Waals surface area contributed by atoms with Crippen LogP contribution in [0.3, 0.4) is 0 Å². The van der Waals surface area contributed by atoms with Gasteiger partial charge in [0.1, 0.15) is 15.9 Å². The molecule has 1 aliphatic rings. The fraction of sp³-hybridized carbons (Fsp3) is 0.412. The molecule has 0 radical (unpaired) electrons. The number of aliphatic carboxylic acids is 1. The molecule has 132 valence electrons. The molecule has 2 N–H and O–H groups in total. The lowest BCUT2D eigenvalue weighted by Crippen LogP contribution is -2.34. The highest BCUT2D eigenvalue weighted by molar-refractivity contribution is 7.18. The molecule has 0 aliphatic heterocycles. The molecular weight excluding hydrogens is 344 g/mol. The quantitative estimate of drug-likeness (QED) is 0.614. The Morgan fingerprint density at radius 3 is 2.56 bits per heavy atom. The number of nitrogens with zero attached hydrogens (tertiary/aromatic N) is 1. The third kappa shape index (κ3) is 3.88. The van der Waals surface area contributed by atoms with Crippen LogP contribution in [0.25, 0.3) is 0 Å². The van der Waals surface area contributed by atoms with Gasteiger partial charge < -0.3 is 15.2 Å². The number of allylic oxidation sites excluding steroid dienone is 2. The van der Waals surface area contributed by atoms with Crippen LogP contribution in [-0.4, -0.2) is 29.6 Å². The smallest absolute Gasteiger partial charge is 0.348 e. The van der Waals surface area contributed by atoms with Crippen LogP contribution in [0.4, 0.5) is 5.00 Å². The first-order valence-electron chi connectivity index (χ1n) is 7.79. The molecule has 1 aromatic rings. The molecule has 0 saturated carbocycles. The van der Waals surface area contributed by atoms with Crippen LogP contribution in [-0.2, 0) is 14.3 Å². The summed E-state index contributed by atoms with van der Waals surface area (Å²) in [5.74, 6) is -3.57. The zero-order valence-corrected chi connectivity index (χ0v) is 14.7. The molecule has 25 heavy (non-hydrogen) atoms. The van der Waals surface area contributed by atoms with E-state index < -0.39 is 29.7 Å². The molecule has 0 spiro atoms. The van der Waals surface area contributed by atoms with Gasteiger partial charge in [0.25, 0.3) is 0 Å².